The standard InChI is InChI=1S/C8H9ClN4O5S/c9-7-6(13(15)16)5(1-2-11-7)8(14)12-3-4-19(10,17)18/h1-2H,3-4H2,(H,12,14)(H2,10,17,18). The smallest absolute Gasteiger partial charge is 0.319 e. The number of rotatable bonds is 5. The number of nitrogens with one attached hydrogen (secondary N) is 1. The van der Waals surface area contributed by atoms with Crippen LogP contribution in [0.3, 0.4) is 0 Å². The number of hydrogen-bond donors (Lipinski definition) is 2. The molecule has 1 aromatic heterocycles. The number of carbonyl (C=O) groups is 1. The van der Waals surface area contributed by atoms with Crippen LogP contribution in [-0.2, 0) is 10.0 Å². The Morgan fingerprint density at radius 3 is 2.74 bits per heavy atom. The normalized spacial score (nSPS) is 11.1. The number of nitro groups is 1. The van der Waals surface area contributed by atoms with E-state index in [0.717, 1.165) is 12.3 Å². The fraction of sp³-hybridized carbons (Fsp3) is 0.250. The molecule has 0 atom stereocenters. The topological polar surface area (TPSA) is 145 Å². The van der Waals surface area contributed by atoms with E-state index in [1.165, 1.54) is 0 Å². The maximum atomic E-state index is 11.7. The molecule has 0 saturated carbocycles. The van der Waals surface area contributed by atoms with Crippen LogP contribution in [0.1, 0.15) is 10.4 Å². The summed E-state index contributed by atoms with van der Waals surface area (Å²) in [7, 11) is -3.72. The second-order valence-electron chi connectivity index (χ2n) is 3.38. The predicted molar refractivity (Wildman–Crippen MR) is 66.2 cm³/mol. The number of halogens is 1. The molecule has 1 aromatic rings. The number of nitrogens with two attached hydrogens (primary N) is 1. The molecule has 0 radical (unpaired) electrons. The summed E-state index contributed by atoms with van der Waals surface area (Å²) in [6, 6.07) is 1.11. The van der Waals surface area contributed by atoms with Gasteiger partial charge in [0, 0.05) is 12.7 Å². The molecule has 0 aliphatic rings. The van der Waals surface area contributed by atoms with Crippen molar-refractivity contribution in [3.63, 3.8) is 0 Å². The Hall–Kier alpha value is -1.78. The Kier molecular flexibility index (Phi) is 4.75. The third kappa shape index (κ3) is 4.43. The average molecular weight is 309 g/mol. The number of nitrogens with zero attached hydrogens (tertiary/aromatic N) is 2. The van der Waals surface area contributed by atoms with Crippen LogP contribution < -0.4 is 10.5 Å². The molecule has 1 rings (SSSR count). The lowest BCUT2D eigenvalue weighted by Gasteiger charge is -2.05. The number of carbonyl (C=O) groups excluding carboxylic acids is 1. The van der Waals surface area contributed by atoms with Crippen LogP contribution >= 0.6 is 11.6 Å². The first-order valence-corrected chi connectivity index (χ1v) is 6.89. The van der Waals surface area contributed by atoms with Crippen molar-refractivity contribution in [1.82, 2.24) is 10.3 Å². The van der Waals surface area contributed by atoms with Crippen molar-refractivity contribution in [2.24, 2.45) is 5.14 Å². The van der Waals surface area contributed by atoms with Crippen molar-refractivity contribution >= 4 is 33.2 Å². The van der Waals surface area contributed by atoms with Gasteiger partial charge < -0.3 is 5.32 Å². The molecule has 11 heteroatoms. The minimum atomic E-state index is -3.72. The Morgan fingerprint density at radius 1 is 1.58 bits per heavy atom. The summed E-state index contributed by atoms with van der Waals surface area (Å²) in [5.74, 6) is -1.31. The molecular formula is C8H9ClN4O5S. The molecule has 104 valence electrons. The highest BCUT2D eigenvalue weighted by atomic mass is 35.5. The molecule has 0 aliphatic heterocycles. The Labute approximate surface area is 113 Å². The van der Waals surface area contributed by atoms with E-state index >= 15 is 0 Å². The summed E-state index contributed by atoms with van der Waals surface area (Å²) in [6.07, 6.45) is 1.13. The third-order valence-electron chi connectivity index (χ3n) is 1.98. The summed E-state index contributed by atoms with van der Waals surface area (Å²) in [5.41, 5.74) is -0.948. The van der Waals surface area contributed by atoms with Gasteiger partial charge in [0.15, 0.2) is 0 Å². The fourth-order valence-electron chi connectivity index (χ4n) is 1.19. The van der Waals surface area contributed by atoms with Crippen molar-refractivity contribution in [3.05, 3.63) is 33.1 Å². The summed E-state index contributed by atoms with van der Waals surface area (Å²) in [5, 5.41) is 17.3. The fourth-order valence-corrected chi connectivity index (χ4v) is 1.80. The van der Waals surface area contributed by atoms with E-state index in [1.807, 2.05) is 0 Å². The highest BCUT2D eigenvalue weighted by molar-refractivity contribution is 7.89. The number of sulfonamides is 1. The Morgan fingerprint density at radius 2 is 2.21 bits per heavy atom. The van der Waals surface area contributed by atoms with Gasteiger partial charge in [-0.05, 0) is 6.07 Å². The van der Waals surface area contributed by atoms with Crippen LogP contribution in [0, 0.1) is 10.1 Å². The van der Waals surface area contributed by atoms with Crippen LogP contribution in [0.5, 0.6) is 0 Å². The number of primary sulfonamides is 1. The lowest BCUT2D eigenvalue weighted by molar-refractivity contribution is -0.385. The van der Waals surface area contributed by atoms with E-state index in [0.29, 0.717) is 0 Å². The molecule has 19 heavy (non-hydrogen) atoms. The first-order chi connectivity index (χ1) is 8.72. The maximum Gasteiger partial charge on any atom is 0.319 e. The molecule has 0 unspecified atom stereocenters. The first kappa shape index (κ1) is 15.3. The zero-order chi connectivity index (χ0) is 14.6. The SMILES string of the molecule is NS(=O)(=O)CCNC(=O)c1ccnc(Cl)c1[N+](=O)[O-]. The van der Waals surface area contributed by atoms with Gasteiger partial charge in [-0.3, -0.25) is 14.9 Å². The zero-order valence-corrected chi connectivity index (χ0v) is 10.9. The number of amides is 1. The summed E-state index contributed by atoms with van der Waals surface area (Å²) in [4.78, 5) is 25.1. The molecule has 0 aliphatic carbocycles. The van der Waals surface area contributed by atoms with Crippen molar-refractivity contribution in [1.29, 1.82) is 0 Å². The lowest BCUT2D eigenvalue weighted by atomic mass is 10.2. The van der Waals surface area contributed by atoms with Gasteiger partial charge in [0.2, 0.25) is 15.2 Å². The summed E-state index contributed by atoms with van der Waals surface area (Å²) < 4.78 is 21.3. The zero-order valence-electron chi connectivity index (χ0n) is 9.37. The van der Waals surface area contributed by atoms with Gasteiger partial charge in [0.1, 0.15) is 5.56 Å². The van der Waals surface area contributed by atoms with Crippen molar-refractivity contribution in [3.8, 4) is 0 Å². The van der Waals surface area contributed by atoms with E-state index < -0.39 is 37.4 Å². The molecule has 9 nitrogen and oxygen atoms in total. The van der Waals surface area contributed by atoms with Crippen LogP contribution in [0.15, 0.2) is 12.3 Å². The minimum absolute atomic E-state index is 0.269. The Bertz CT molecular complexity index is 618. The predicted octanol–water partition coefficient (Wildman–Crippen LogP) is -0.338. The maximum absolute atomic E-state index is 11.7. The van der Waals surface area contributed by atoms with Crippen molar-refractivity contribution < 1.29 is 18.1 Å². The number of pyridine rings is 1. The highest BCUT2D eigenvalue weighted by Gasteiger charge is 2.24. The van der Waals surface area contributed by atoms with E-state index in [1.54, 1.807) is 0 Å². The number of hydrogen-bond acceptors (Lipinski definition) is 6. The minimum Gasteiger partial charge on any atom is -0.351 e. The van der Waals surface area contributed by atoms with Gasteiger partial charge in [-0.25, -0.2) is 18.5 Å². The summed E-state index contributed by atoms with van der Waals surface area (Å²) >= 11 is 5.53. The van der Waals surface area contributed by atoms with Gasteiger partial charge in [0.25, 0.3) is 5.91 Å². The number of aromatic nitrogens is 1. The molecule has 0 aromatic carbocycles. The molecule has 0 spiro atoms. The van der Waals surface area contributed by atoms with E-state index in [-0.39, 0.29) is 12.1 Å². The van der Waals surface area contributed by atoms with Crippen LogP contribution in [0.2, 0.25) is 5.15 Å². The monoisotopic (exact) mass is 308 g/mol. The van der Waals surface area contributed by atoms with Crippen LogP contribution in [0.4, 0.5) is 5.69 Å². The lowest BCUT2D eigenvalue weighted by Crippen LogP contribution is -2.31. The van der Waals surface area contributed by atoms with Crippen molar-refractivity contribution in [2.45, 2.75) is 0 Å². The molecule has 0 bridgehead atoms. The molecule has 0 fully saturated rings. The summed E-state index contributed by atoms with van der Waals surface area (Å²) in [6.45, 7) is -0.269. The van der Waals surface area contributed by atoms with Crippen molar-refractivity contribution in [2.75, 3.05) is 12.3 Å². The van der Waals surface area contributed by atoms with Gasteiger partial charge >= 0.3 is 5.69 Å². The molecule has 1 amide bonds. The van der Waals surface area contributed by atoms with Gasteiger partial charge in [-0.2, -0.15) is 0 Å². The first-order valence-electron chi connectivity index (χ1n) is 4.80. The second kappa shape index (κ2) is 5.91. The van der Waals surface area contributed by atoms with Crippen LogP contribution in [0.25, 0.3) is 0 Å². The van der Waals surface area contributed by atoms with E-state index in [2.05, 4.69) is 10.3 Å². The van der Waals surface area contributed by atoms with Gasteiger partial charge in [-0.1, -0.05) is 11.6 Å². The molecule has 3 N–H and O–H groups in total. The second-order valence-corrected chi connectivity index (χ2v) is 5.47. The molecule has 1 heterocycles. The largest absolute Gasteiger partial charge is 0.351 e. The van der Waals surface area contributed by atoms with Crippen LogP contribution in [-0.4, -0.2) is 36.5 Å². The van der Waals surface area contributed by atoms with E-state index in [9.17, 15) is 23.3 Å². The van der Waals surface area contributed by atoms with E-state index in [4.69, 9.17) is 16.7 Å². The average Bonchev–Trinajstić information content (AvgIpc) is 2.26. The Balaban J connectivity index is 2.89. The van der Waals surface area contributed by atoms with Gasteiger partial charge in [-0.15, -0.1) is 0 Å². The highest BCUT2D eigenvalue weighted by Crippen LogP contribution is 2.25. The third-order valence-corrected chi connectivity index (χ3v) is 3.03. The molecule has 0 saturated heterocycles. The quantitative estimate of drug-likeness (QED) is 0.432. The molecular weight excluding hydrogens is 300 g/mol. The van der Waals surface area contributed by atoms with Gasteiger partial charge in [0.05, 0.1) is 10.7 Å².